The fourth-order valence-electron chi connectivity index (χ4n) is 2.85. The van der Waals surface area contributed by atoms with Crippen LogP contribution in [0.2, 0.25) is 0 Å². The van der Waals surface area contributed by atoms with Crippen LogP contribution in [0.4, 0.5) is 0 Å². The molecule has 1 fully saturated rings. The van der Waals surface area contributed by atoms with Gasteiger partial charge in [-0.05, 0) is 49.6 Å². The molecule has 0 saturated carbocycles. The molecule has 2 heterocycles. The van der Waals surface area contributed by atoms with Gasteiger partial charge in [0.15, 0.2) is 5.96 Å². The highest BCUT2D eigenvalue weighted by Crippen LogP contribution is 2.20. The first-order valence-electron chi connectivity index (χ1n) is 7.94. The highest BCUT2D eigenvalue weighted by molar-refractivity contribution is 7.10. The Kier molecular flexibility index (Phi) is 6.24. The van der Waals surface area contributed by atoms with Crippen molar-refractivity contribution in [1.82, 2.24) is 10.2 Å². The first-order chi connectivity index (χ1) is 10.6. The average molecular weight is 322 g/mol. The number of hydrogen-bond acceptors (Lipinski definition) is 3. The predicted octanol–water partition coefficient (Wildman–Crippen LogP) is 2.11. The minimum atomic E-state index is -0.206. The molecule has 1 amide bonds. The van der Waals surface area contributed by atoms with E-state index in [1.807, 2.05) is 0 Å². The van der Waals surface area contributed by atoms with Crippen molar-refractivity contribution in [3.05, 3.63) is 21.9 Å². The van der Waals surface area contributed by atoms with Crippen LogP contribution in [-0.4, -0.2) is 36.4 Å². The molecule has 0 radical (unpaired) electrons. The minimum absolute atomic E-state index is 0.206. The van der Waals surface area contributed by atoms with Gasteiger partial charge in [-0.2, -0.15) is 0 Å². The van der Waals surface area contributed by atoms with E-state index in [0.717, 1.165) is 38.4 Å². The Labute approximate surface area is 136 Å². The van der Waals surface area contributed by atoms with Gasteiger partial charge in [0.1, 0.15) is 0 Å². The fraction of sp³-hybridized carbons (Fsp3) is 0.625. The molecule has 2 rings (SSSR count). The number of nitrogens with zero attached hydrogens (tertiary/aromatic N) is 2. The van der Waals surface area contributed by atoms with E-state index in [1.54, 1.807) is 11.3 Å². The van der Waals surface area contributed by atoms with Crippen LogP contribution in [0, 0.1) is 12.8 Å². The summed E-state index contributed by atoms with van der Waals surface area (Å²) in [6.07, 6.45) is 2.63. The number of aryl methyl sites for hydroxylation is 1. The second kappa shape index (κ2) is 8.17. The summed E-state index contributed by atoms with van der Waals surface area (Å²) in [5.41, 5.74) is 6.64. The molecule has 22 heavy (non-hydrogen) atoms. The van der Waals surface area contributed by atoms with Crippen LogP contribution < -0.4 is 11.1 Å². The van der Waals surface area contributed by atoms with E-state index < -0.39 is 0 Å². The normalized spacial score (nSPS) is 19.3. The lowest BCUT2D eigenvalue weighted by atomic mass is 9.95. The molecule has 3 N–H and O–H groups in total. The van der Waals surface area contributed by atoms with Crippen molar-refractivity contribution in [1.29, 1.82) is 0 Å². The number of thiophene rings is 1. The first-order valence-corrected chi connectivity index (χ1v) is 8.82. The number of piperidine rings is 1. The topological polar surface area (TPSA) is 70.7 Å². The number of amides is 1. The molecule has 0 spiro atoms. The summed E-state index contributed by atoms with van der Waals surface area (Å²) < 4.78 is 0. The molecule has 1 aromatic rings. The fourth-order valence-corrected chi connectivity index (χ4v) is 3.68. The Bertz CT molecular complexity index is 526. The van der Waals surface area contributed by atoms with Crippen LogP contribution >= 0.6 is 11.3 Å². The van der Waals surface area contributed by atoms with Gasteiger partial charge in [-0.15, -0.1) is 11.3 Å². The number of likely N-dealkylation sites (tertiary alicyclic amines) is 1. The second-order valence-corrected chi connectivity index (χ2v) is 6.82. The summed E-state index contributed by atoms with van der Waals surface area (Å²) in [5.74, 6) is 1.09. The minimum Gasteiger partial charge on any atom is -0.370 e. The maximum absolute atomic E-state index is 11.1. The third-order valence-corrected chi connectivity index (χ3v) is 4.99. The van der Waals surface area contributed by atoms with Gasteiger partial charge in [0.2, 0.25) is 5.91 Å². The summed E-state index contributed by atoms with van der Waals surface area (Å²) in [4.78, 5) is 19.5. The summed E-state index contributed by atoms with van der Waals surface area (Å²) in [6.45, 7) is 7.61. The highest BCUT2D eigenvalue weighted by Gasteiger charge is 2.23. The Morgan fingerprint density at radius 1 is 1.59 bits per heavy atom. The SMILES string of the molecule is CCNC(=NCc1sccc1C)N1CCCC(CC(N)=O)C1. The van der Waals surface area contributed by atoms with Crippen LogP contribution in [0.5, 0.6) is 0 Å². The lowest BCUT2D eigenvalue weighted by molar-refractivity contribution is -0.119. The second-order valence-electron chi connectivity index (χ2n) is 5.82. The number of rotatable bonds is 5. The monoisotopic (exact) mass is 322 g/mol. The van der Waals surface area contributed by atoms with Gasteiger partial charge in [0.05, 0.1) is 6.54 Å². The quantitative estimate of drug-likeness (QED) is 0.644. The van der Waals surface area contributed by atoms with E-state index in [-0.39, 0.29) is 5.91 Å². The van der Waals surface area contributed by atoms with E-state index in [0.29, 0.717) is 18.9 Å². The third-order valence-electron chi connectivity index (χ3n) is 3.98. The van der Waals surface area contributed by atoms with E-state index in [9.17, 15) is 4.79 Å². The van der Waals surface area contributed by atoms with Crippen LogP contribution in [0.3, 0.4) is 0 Å². The number of primary amides is 1. The molecular weight excluding hydrogens is 296 g/mol. The highest BCUT2D eigenvalue weighted by atomic mass is 32.1. The lowest BCUT2D eigenvalue weighted by Gasteiger charge is -2.34. The van der Waals surface area contributed by atoms with Gasteiger partial charge in [0.25, 0.3) is 0 Å². The van der Waals surface area contributed by atoms with Gasteiger partial charge in [-0.3, -0.25) is 4.79 Å². The molecule has 1 aliphatic rings. The summed E-state index contributed by atoms with van der Waals surface area (Å²) in [5, 5.41) is 5.48. The zero-order valence-corrected chi connectivity index (χ0v) is 14.3. The van der Waals surface area contributed by atoms with Crippen molar-refractivity contribution in [2.24, 2.45) is 16.6 Å². The number of nitrogens with two attached hydrogens (primary N) is 1. The predicted molar refractivity (Wildman–Crippen MR) is 92.0 cm³/mol. The largest absolute Gasteiger partial charge is 0.370 e. The molecule has 1 unspecified atom stereocenters. The zero-order chi connectivity index (χ0) is 15.9. The summed E-state index contributed by atoms with van der Waals surface area (Å²) in [7, 11) is 0. The van der Waals surface area contributed by atoms with Crippen LogP contribution in [0.15, 0.2) is 16.4 Å². The summed E-state index contributed by atoms with van der Waals surface area (Å²) >= 11 is 1.75. The number of guanidine groups is 1. The van der Waals surface area contributed by atoms with Gasteiger partial charge in [0, 0.05) is 30.9 Å². The maximum atomic E-state index is 11.1. The van der Waals surface area contributed by atoms with Crippen molar-refractivity contribution in [2.45, 2.75) is 39.7 Å². The molecule has 0 aliphatic carbocycles. The number of carbonyl (C=O) groups excluding carboxylic acids is 1. The first kappa shape index (κ1) is 16.8. The van der Waals surface area contributed by atoms with Gasteiger partial charge in [-0.1, -0.05) is 0 Å². The zero-order valence-electron chi connectivity index (χ0n) is 13.5. The molecule has 6 heteroatoms. The van der Waals surface area contributed by atoms with Crippen molar-refractivity contribution in [2.75, 3.05) is 19.6 Å². The molecule has 1 aliphatic heterocycles. The Morgan fingerprint density at radius 3 is 3.05 bits per heavy atom. The van der Waals surface area contributed by atoms with Crippen molar-refractivity contribution < 1.29 is 4.79 Å². The van der Waals surface area contributed by atoms with Crippen molar-refractivity contribution in [3.63, 3.8) is 0 Å². The molecular formula is C16H26N4OS. The van der Waals surface area contributed by atoms with E-state index >= 15 is 0 Å². The van der Waals surface area contributed by atoms with Crippen molar-refractivity contribution in [3.8, 4) is 0 Å². The molecule has 1 atom stereocenters. The number of nitrogens with one attached hydrogen (secondary N) is 1. The van der Waals surface area contributed by atoms with E-state index in [2.05, 4.69) is 35.5 Å². The van der Waals surface area contributed by atoms with E-state index in [1.165, 1.54) is 10.4 Å². The molecule has 1 saturated heterocycles. The van der Waals surface area contributed by atoms with Crippen molar-refractivity contribution >= 4 is 23.2 Å². The lowest BCUT2D eigenvalue weighted by Crippen LogP contribution is -2.47. The molecule has 5 nitrogen and oxygen atoms in total. The van der Waals surface area contributed by atoms with Gasteiger partial charge >= 0.3 is 0 Å². The number of hydrogen-bond donors (Lipinski definition) is 2. The Hall–Kier alpha value is -1.56. The van der Waals surface area contributed by atoms with Gasteiger partial charge < -0.3 is 16.0 Å². The molecule has 1 aromatic heterocycles. The smallest absolute Gasteiger partial charge is 0.217 e. The molecule has 0 aromatic carbocycles. The van der Waals surface area contributed by atoms with E-state index in [4.69, 9.17) is 10.7 Å². The summed E-state index contributed by atoms with van der Waals surface area (Å²) in [6, 6.07) is 2.13. The van der Waals surface area contributed by atoms with Gasteiger partial charge in [-0.25, -0.2) is 4.99 Å². The Balaban J connectivity index is 2.03. The van der Waals surface area contributed by atoms with Crippen LogP contribution in [0.25, 0.3) is 0 Å². The number of carbonyl (C=O) groups is 1. The standard InChI is InChI=1S/C16H26N4OS/c1-3-18-16(19-10-14-12(2)6-8-22-14)20-7-4-5-13(11-20)9-15(17)21/h6,8,13H,3-5,7,9-11H2,1-2H3,(H2,17,21)(H,18,19). The average Bonchev–Trinajstić information content (AvgIpc) is 2.88. The van der Waals surface area contributed by atoms with Crippen LogP contribution in [-0.2, 0) is 11.3 Å². The molecule has 122 valence electrons. The molecule has 0 bridgehead atoms. The maximum Gasteiger partial charge on any atom is 0.217 e. The van der Waals surface area contributed by atoms with Crippen LogP contribution in [0.1, 0.15) is 36.6 Å². The number of aliphatic imine (C=N–C) groups is 1. The Morgan fingerprint density at radius 2 is 2.41 bits per heavy atom. The third kappa shape index (κ3) is 4.73.